The summed E-state index contributed by atoms with van der Waals surface area (Å²) in [6.45, 7) is 1.05. The Morgan fingerprint density at radius 1 is 1.19 bits per heavy atom. The molecule has 1 aliphatic carbocycles. The van der Waals surface area contributed by atoms with Crippen LogP contribution in [0.25, 0.3) is 0 Å². The van der Waals surface area contributed by atoms with Crippen LogP contribution in [0.4, 0.5) is 19.7 Å². The molecule has 0 saturated heterocycles. The lowest BCUT2D eigenvalue weighted by molar-refractivity contribution is -0.115. The first-order valence-electron chi connectivity index (χ1n) is 11.2. The van der Waals surface area contributed by atoms with Crippen LogP contribution in [0.5, 0.6) is 0 Å². The number of nitrogens with zero attached hydrogens (tertiary/aromatic N) is 3. The van der Waals surface area contributed by atoms with Gasteiger partial charge in [-0.25, -0.2) is 27.3 Å². The van der Waals surface area contributed by atoms with Gasteiger partial charge in [-0.15, -0.1) is 0 Å². The van der Waals surface area contributed by atoms with E-state index in [0.29, 0.717) is 11.3 Å². The normalized spacial score (nSPS) is 17.8. The molecule has 1 aliphatic heterocycles. The van der Waals surface area contributed by atoms with Gasteiger partial charge in [-0.2, -0.15) is 5.26 Å². The second kappa shape index (κ2) is 9.54. The average Bonchev–Trinajstić information content (AvgIpc) is 3.23. The zero-order valence-corrected chi connectivity index (χ0v) is 20.4. The molecule has 186 valence electrons. The van der Waals surface area contributed by atoms with Crippen LogP contribution in [-0.2, 0) is 21.3 Å². The number of imide groups is 1. The third kappa shape index (κ3) is 4.24. The van der Waals surface area contributed by atoms with E-state index >= 15 is 0 Å². The van der Waals surface area contributed by atoms with Crippen molar-refractivity contribution in [3.8, 4) is 6.07 Å². The van der Waals surface area contributed by atoms with E-state index in [-0.39, 0.29) is 52.5 Å². The number of nitriles is 1. The fraction of sp³-hybridized carbons (Fsp3) is 0.280. The zero-order valence-electron chi connectivity index (χ0n) is 19.6. The summed E-state index contributed by atoms with van der Waals surface area (Å²) in [4.78, 5) is 42.1. The minimum atomic E-state index is -3.93. The van der Waals surface area contributed by atoms with Crippen molar-refractivity contribution in [2.24, 2.45) is 0 Å². The molecule has 11 heteroatoms. The van der Waals surface area contributed by atoms with Gasteiger partial charge in [0.05, 0.1) is 22.2 Å². The van der Waals surface area contributed by atoms with E-state index < -0.39 is 34.6 Å². The molecule has 0 bridgehead atoms. The minimum absolute atomic E-state index is 0.0380. The van der Waals surface area contributed by atoms with Gasteiger partial charge < -0.3 is 5.32 Å². The van der Waals surface area contributed by atoms with Crippen molar-refractivity contribution in [1.82, 2.24) is 10.2 Å². The second-order valence-electron chi connectivity index (χ2n) is 8.45. The SMILES string of the molecule is CCNC(=O)N1C(=O)N(c2cccc(CF)c2)C2=C(C(=O)CC2)[C@H]1c1ccc(C#N)cc1S(C)(=O)=O. The van der Waals surface area contributed by atoms with Gasteiger partial charge in [-0.05, 0) is 48.7 Å². The zero-order chi connectivity index (χ0) is 26.2. The number of hydrogen-bond donors (Lipinski definition) is 1. The molecule has 0 aromatic heterocycles. The third-order valence-electron chi connectivity index (χ3n) is 6.11. The number of carbonyl (C=O) groups excluding carboxylic acids is 3. The summed E-state index contributed by atoms with van der Waals surface area (Å²) in [5, 5.41) is 11.9. The van der Waals surface area contributed by atoms with E-state index in [1.54, 1.807) is 25.1 Å². The van der Waals surface area contributed by atoms with Crippen LogP contribution < -0.4 is 10.2 Å². The number of nitrogens with one attached hydrogen (secondary N) is 1. The van der Waals surface area contributed by atoms with Gasteiger partial charge in [0.25, 0.3) is 0 Å². The summed E-state index contributed by atoms with van der Waals surface area (Å²) in [7, 11) is -3.93. The molecule has 36 heavy (non-hydrogen) atoms. The van der Waals surface area contributed by atoms with Crippen LogP contribution >= 0.6 is 0 Å². The predicted molar refractivity (Wildman–Crippen MR) is 128 cm³/mol. The molecule has 0 spiro atoms. The van der Waals surface area contributed by atoms with Crippen molar-refractivity contribution in [3.63, 3.8) is 0 Å². The summed E-state index contributed by atoms with van der Waals surface area (Å²) in [6.07, 6.45) is 1.19. The Morgan fingerprint density at radius 3 is 2.58 bits per heavy atom. The molecule has 0 radical (unpaired) electrons. The van der Waals surface area contributed by atoms with E-state index in [1.165, 1.54) is 29.2 Å². The number of sulfone groups is 1. The number of amides is 4. The van der Waals surface area contributed by atoms with Crippen molar-refractivity contribution in [2.45, 2.75) is 37.4 Å². The Morgan fingerprint density at radius 2 is 1.94 bits per heavy atom. The second-order valence-corrected chi connectivity index (χ2v) is 10.4. The lowest BCUT2D eigenvalue weighted by Gasteiger charge is -2.41. The molecule has 1 N–H and O–H groups in total. The number of benzene rings is 2. The van der Waals surface area contributed by atoms with E-state index in [1.807, 2.05) is 6.07 Å². The maximum absolute atomic E-state index is 13.9. The van der Waals surface area contributed by atoms with Crippen LogP contribution in [0.15, 0.2) is 58.6 Å². The molecular weight excluding hydrogens is 487 g/mol. The third-order valence-corrected chi connectivity index (χ3v) is 7.26. The van der Waals surface area contributed by atoms with Gasteiger partial charge in [-0.3, -0.25) is 9.69 Å². The monoisotopic (exact) mass is 510 g/mol. The fourth-order valence-corrected chi connectivity index (χ4v) is 5.55. The molecular formula is C25H23FN4O5S. The van der Waals surface area contributed by atoms with Gasteiger partial charge in [0.15, 0.2) is 15.6 Å². The van der Waals surface area contributed by atoms with Crippen LogP contribution in [0.1, 0.15) is 42.5 Å². The van der Waals surface area contributed by atoms with Gasteiger partial charge in [-0.1, -0.05) is 18.2 Å². The number of rotatable bonds is 5. The fourth-order valence-electron chi connectivity index (χ4n) is 4.60. The lowest BCUT2D eigenvalue weighted by Crippen LogP contribution is -2.55. The number of hydrogen-bond acceptors (Lipinski definition) is 6. The van der Waals surface area contributed by atoms with Crippen LogP contribution in [0.2, 0.25) is 0 Å². The smallest absolute Gasteiger partial charge is 0.337 e. The van der Waals surface area contributed by atoms with Gasteiger partial charge in [0.1, 0.15) is 12.7 Å². The first kappa shape index (κ1) is 25.1. The summed E-state index contributed by atoms with van der Waals surface area (Å²) >= 11 is 0. The topological polar surface area (TPSA) is 128 Å². The lowest BCUT2D eigenvalue weighted by atomic mass is 9.92. The number of urea groups is 2. The molecule has 2 aliphatic rings. The Balaban J connectivity index is 2.03. The van der Waals surface area contributed by atoms with E-state index in [2.05, 4.69) is 5.32 Å². The van der Waals surface area contributed by atoms with Crippen molar-refractivity contribution in [2.75, 3.05) is 17.7 Å². The quantitative estimate of drug-likeness (QED) is 0.652. The van der Waals surface area contributed by atoms with Crippen molar-refractivity contribution in [3.05, 3.63) is 70.4 Å². The van der Waals surface area contributed by atoms with Crippen molar-refractivity contribution >= 4 is 33.4 Å². The molecule has 1 heterocycles. The minimum Gasteiger partial charge on any atom is -0.338 e. The highest BCUT2D eigenvalue weighted by molar-refractivity contribution is 7.90. The van der Waals surface area contributed by atoms with Gasteiger partial charge in [0.2, 0.25) is 0 Å². The number of alkyl halides is 1. The highest BCUT2D eigenvalue weighted by Crippen LogP contribution is 2.46. The first-order chi connectivity index (χ1) is 17.1. The maximum Gasteiger partial charge on any atom is 0.337 e. The average molecular weight is 511 g/mol. The molecule has 1 atom stereocenters. The Bertz CT molecular complexity index is 1460. The maximum atomic E-state index is 13.9. The van der Waals surface area contributed by atoms with Crippen molar-refractivity contribution < 1.29 is 27.2 Å². The molecule has 4 rings (SSSR count). The predicted octanol–water partition coefficient (Wildman–Crippen LogP) is 3.76. The largest absolute Gasteiger partial charge is 0.338 e. The molecule has 4 amide bonds. The summed E-state index contributed by atoms with van der Waals surface area (Å²) in [6, 6.07) is 8.98. The molecule has 9 nitrogen and oxygen atoms in total. The molecule has 2 aromatic carbocycles. The molecule has 0 fully saturated rings. The van der Waals surface area contributed by atoms with Crippen LogP contribution in [-0.4, -0.2) is 44.0 Å². The Hall–Kier alpha value is -4.04. The highest BCUT2D eigenvalue weighted by atomic mass is 32.2. The summed E-state index contributed by atoms with van der Waals surface area (Å²) < 4.78 is 38.8. The van der Waals surface area contributed by atoms with Crippen molar-refractivity contribution in [1.29, 1.82) is 5.26 Å². The van der Waals surface area contributed by atoms with Gasteiger partial charge >= 0.3 is 12.1 Å². The van der Waals surface area contributed by atoms with E-state index in [9.17, 15) is 32.5 Å². The van der Waals surface area contributed by atoms with Gasteiger partial charge in [0, 0.05) is 30.5 Å². The number of anilines is 1. The Kier molecular flexibility index (Phi) is 6.65. The number of carbonyl (C=O) groups is 3. The molecule has 0 unspecified atom stereocenters. The molecule has 2 aromatic rings. The van der Waals surface area contributed by atoms with Crippen LogP contribution in [0.3, 0.4) is 0 Å². The van der Waals surface area contributed by atoms with E-state index in [0.717, 1.165) is 11.2 Å². The summed E-state index contributed by atoms with van der Waals surface area (Å²) in [5.41, 5.74) is 1.15. The first-order valence-corrected chi connectivity index (χ1v) is 13.1. The number of Topliss-reactive ketones (excluding diaryl/α,β-unsaturated/α-hetero) is 1. The number of allylic oxidation sites excluding steroid dienone is 1. The standard InChI is InChI=1S/C25H23FN4O5S/c1-3-28-24(32)30-23(18-8-7-16(14-27)12-21(18)36(2,34)35)22-19(9-10-20(22)31)29(25(30)33)17-6-4-5-15(11-17)13-26/h4-8,11-12,23H,3,9-10,13H2,1-2H3,(H,28,32)/t23-/m1/s1. The number of ketones is 1. The highest BCUT2D eigenvalue weighted by Gasteiger charge is 2.49. The Labute approximate surface area is 207 Å². The molecule has 0 saturated carbocycles. The summed E-state index contributed by atoms with van der Waals surface area (Å²) in [5.74, 6) is -0.341. The number of halogens is 1. The van der Waals surface area contributed by atoms with Crippen LogP contribution in [0, 0.1) is 11.3 Å². The van der Waals surface area contributed by atoms with E-state index in [4.69, 9.17) is 0 Å².